The van der Waals surface area contributed by atoms with Gasteiger partial charge in [0.2, 0.25) is 0 Å². The Bertz CT molecular complexity index is 1370. The first-order chi connectivity index (χ1) is 15.5. The molecule has 166 valence electrons. The maximum Gasteiger partial charge on any atom is 0.338 e. The number of hydrogen-bond acceptors (Lipinski definition) is 8. The van der Waals surface area contributed by atoms with Crippen molar-refractivity contribution in [3.05, 3.63) is 77.1 Å². The predicted octanol–water partition coefficient (Wildman–Crippen LogP) is 2.88. The number of hydrogen-bond donors (Lipinski definition) is 0. The van der Waals surface area contributed by atoms with E-state index in [1.807, 2.05) is 22.9 Å². The third kappa shape index (κ3) is 3.89. The zero-order valence-corrected chi connectivity index (χ0v) is 19.7. The van der Waals surface area contributed by atoms with Gasteiger partial charge in [-0.25, -0.2) is 9.79 Å². The van der Waals surface area contributed by atoms with Crippen molar-refractivity contribution in [2.45, 2.75) is 19.9 Å². The lowest BCUT2D eigenvalue weighted by atomic mass is 9.95. The molecule has 2 aromatic heterocycles. The van der Waals surface area contributed by atoms with Gasteiger partial charge in [-0.2, -0.15) is 11.3 Å². The van der Waals surface area contributed by atoms with Crippen LogP contribution >= 0.6 is 22.7 Å². The van der Waals surface area contributed by atoms with Crippen LogP contribution in [0.1, 0.15) is 31.0 Å². The first kappa shape index (κ1) is 22.0. The minimum absolute atomic E-state index is 0.213. The summed E-state index contributed by atoms with van der Waals surface area (Å²) in [7, 11) is 3.11. The monoisotopic (exact) mass is 470 g/mol. The number of esters is 1. The van der Waals surface area contributed by atoms with Crippen molar-refractivity contribution in [1.29, 1.82) is 0 Å². The molecule has 0 spiro atoms. The Kier molecular flexibility index (Phi) is 6.29. The smallest absolute Gasteiger partial charge is 0.338 e. The summed E-state index contributed by atoms with van der Waals surface area (Å²) >= 11 is 2.85. The van der Waals surface area contributed by atoms with Gasteiger partial charge >= 0.3 is 5.97 Å². The molecule has 1 aromatic carbocycles. The van der Waals surface area contributed by atoms with Crippen molar-refractivity contribution in [2.24, 2.45) is 4.99 Å². The zero-order valence-electron chi connectivity index (χ0n) is 18.1. The first-order valence-corrected chi connectivity index (χ1v) is 11.7. The highest BCUT2D eigenvalue weighted by Gasteiger charge is 2.35. The minimum Gasteiger partial charge on any atom is -0.497 e. The second-order valence-corrected chi connectivity index (χ2v) is 8.76. The molecule has 7 nitrogen and oxygen atoms in total. The van der Waals surface area contributed by atoms with Gasteiger partial charge in [0, 0.05) is 11.6 Å². The summed E-state index contributed by atoms with van der Waals surface area (Å²) in [4.78, 5) is 31.6. The van der Waals surface area contributed by atoms with Crippen molar-refractivity contribution < 1.29 is 19.0 Å². The number of benzene rings is 1. The molecular formula is C23H22N2O5S2. The van der Waals surface area contributed by atoms with Crippen LogP contribution in [0.4, 0.5) is 0 Å². The molecule has 0 amide bonds. The average molecular weight is 471 g/mol. The van der Waals surface area contributed by atoms with Crippen LogP contribution in [0.5, 0.6) is 11.5 Å². The largest absolute Gasteiger partial charge is 0.497 e. The molecule has 0 saturated carbocycles. The van der Waals surface area contributed by atoms with Crippen LogP contribution in [-0.4, -0.2) is 31.4 Å². The SMILES string of the molecule is CCOC(=O)C1=C(C)N=c2s/c(=C/c3ccsc3)c(=O)n2[C@H]1c1ccc(OC)cc1OC. The molecule has 0 fully saturated rings. The highest BCUT2D eigenvalue weighted by Crippen LogP contribution is 2.37. The Morgan fingerprint density at radius 3 is 2.72 bits per heavy atom. The summed E-state index contributed by atoms with van der Waals surface area (Å²) in [5, 5.41) is 3.93. The maximum absolute atomic E-state index is 13.5. The molecule has 1 atom stereocenters. The van der Waals surface area contributed by atoms with Gasteiger partial charge in [0.15, 0.2) is 4.80 Å². The molecule has 0 bridgehead atoms. The van der Waals surface area contributed by atoms with Gasteiger partial charge in [0.05, 0.1) is 36.6 Å². The van der Waals surface area contributed by atoms with E-state index in [0.717, 1.165) is 5.56 Å². The highest BCUT2D eigenvalue weighted by molar-refractivity contribution is 7.08. The molecular weight excluding hydrogens is 448 g/mol. The molecule has 0 unspecified atom stereocenters. The fourth-order valence-electron chi connectivity index (χ4n) is 3.64. The average Bonchev–Trinajstić information content (AvgIpc) is 3.40. The van der Waals surface area contributed by atoms with Crippen molar-refractivity contribution in [3.8, 4) is 11.5 Å². The van der Waals surface area contributed by atoms with E-state index in [1.165, 1.54) is 11.3 Å². The first-order valence-electron chi connectivity index (χ1n) is 9.92. The fraction of sp³-hybridized carbons (Fsp3) is 0.261. The normalized spacial score (nSPS) is 15.9. The van der Waals surface area contributed by atoms with E-state index in [0.29, 0.717) is 37.7 Å². The Balaban J connectivity index is 2.01. The lowest BCUT2D eigenvalue weighted by Crippen LogP contribution is -2.40. The summed E-state index contributed by atoms with van der Waals surface area (Å²) in [6.45, 7) is 3.71. The molecule has 0 saturated heterocycles. The van der Waals surface area contributed by atoms with Gasteiger partial charge in [0.25, 0.3) is 5.56 Å². The molecule has 0 radical (unpaired) electrons. The van der Waals surface area contributed by atoms with Crippen molar-refractivity contribution in [1.82, 2.24) is 4.57 Å². The quantitative estimate of drug-likeness (QED) is 0.518. The van der Waals surface area contributed by atoms with E-state index in [2.05, 4.69) is 4.99 Å². The van der Waals surface area contributed by atoms with Crippen LogP contribution < -0.4 is 24.4 Å². The van der Waals surface area contributed by atoms with E-state index < -0.39 is 12.0 Å². The topological polar surface area (TPSA) is 79.1 Å². The van der Waals surface area contributed by atoms with Crippen LogP contribution in [0.25, 0.3) is 6.08 Å². The van der Waals surface area contributed by atoms with Crippen LogP contribution in [0.3, 0.4) is 0 Å². The second kappa shape index (κ2) is 9.13. The number of allylic oxidation sites excluding steroid dienone is 1. The molecule has 9 heteroatoms. The van der Waals surface area contributed by atoms with Gasteiger partial charge in [-0.05, 0) is 54.4 Å². The second-order valence-electron chi connectivity index (χ2n) is 6.97. The third-order valence-electron chi connectivity index (χ3n) is 5.09. The molecule has 32 heavy (non-hydrogen) atoms. The molecule has 0 N–H and O–H groups in total. The van der Waals surface area contributed by atoms with E-state index >= 15 is 0 Å². The van der Waals surface area contributed by atoms with E-state index in [-0.39, 0.29) is 12.2 Å². The molecule has 1 aliphatic heterocycles. The lowest BCUT2D eigenvalue weighted by Gasteiger charge is -2.26. The number of ether oxygens (including phenoxy) is 3. The number of fused-ring (bicyclic) bond motifs is 1. The Labute approximate surface area is 192 Å². The fourth-order valence-corrected chi connectivity index (χ4v) is 5.30. The number of carbonyl (C=O) groups is 1. The standard InChI is InChI=1S/C23H22N2O5S2/c1-5-30-22(27)19-13(2)24-23-25(21(26)18(32-23)10-14-8-9-31-12-14)20(19)16-7-6-15(28-3)11-17(16)29-4/h6-12,20H,5H2,1-4H3/b18-10+/t20-/m0/s1. The van der Waals surface area contributed by atoms with E-state index in [9.17, 15) is 9.59 Å². The number of nitrogens with zero attached hydrogens (tertiary/aromatic N) is 2. The number of aromatic nitrogens is 1. The van der Waals surface area contributed by atoms with Crippen LogP contribution in [-0.2, 0) is 9.53 Å². The molecule has 1 aliphatic rings. The van der Waals surface area contributed by atoms with Crippen molar-refractivity contribution in [3.63, 3.8) is 0 Å². The summed E-state index contributed by atoms with van der Waals surface area (Å²) in [6, 6.07) is 6.51. The molecule has 0 aliphatic carbocycles. The van der Waals surface area contributed by atoms with Crippen LogP contribution in [0, 0.1) is 0 Å². The Morgan fingerprint density at radius 1 is 1.25 bits per heavy atom. The molecule has 3 aromatic rings. The predicted molar refractivity (Wildman–Crippen MR) is 124 cm³/mol. The van der Waals surface area contributed by atoms with Crippen molar-refractivity contribution in [2.75, 3.05) is 20.8 Å². The zero-order chi connectivity index (χ0) is 22.8. The Hall–Kier alpha value is -3.17. The van der Waals surface area contributed by atoms with Gasteiger partial charge in [0.1, 0.15) is 17.5 Å². The van der Waals surface area contributed by atoms with Gasteiger partial charge in [-0.3, -0.25) is 9.36 Å². The number of thiophene rings is 1. The van der Waals surface area contributed by atoms with Gasteiger partial charge in [-0.15, -0.1) is 0 Å². The molecule has 4 rings (SSSR count). The summed E-state index contributed by atoms with van der Waals surface area (Å²) < 4.78 is 18.3. The summed E-state index contributed by atoms with van der Waals surface area (Å²) in [6.07, 6.45) is 1.84. The maximum atomic E-state index is 13.5. The third-order valence-corrected chi connectivity index (χ3v) is 6.78. The number of thiazole rings is 1. The summed E-state index contributed by atoms with van der Waals surface area (Å²) in [5.41, 5.74) is 2.19. The highest BCUT2D eigenvalue weighted by atomic mass is 32.1. The van der Waals surface area contributed by atoms with E-state index in [4.69, 9.17) is 14.2 Å². The van der Waals surface area contributed by atoms with Crippen LogP contribution in [0.15, 0.2) is 56.1 Å². The van der Waals surface area contributed by atoms with Gasteiger partial charge in [-0.1, -0.05) is 11.3 Å². The summed E-state index contributed by atoms with van der Waals surface area (Å²) in [5.74, 6) is 0.593. The lowest BCUT2D eigenvalue weighted by molar-refractivity contribution is -0.139. The number of carbonyl (C=O) groups excluding carboxylic acids is 1. The Morgan fingerprint density at radius 2 is 2.06 bits per heavy atom. The van der Waals surface area contributed by atoms with Gasteiger partial charge < -0.3 is 14.2 Å². The number of rotatable bonds is 6. The van der Waals surface area contributed by atoms with E-state index in [1.54, 1.807) is 62.2 Å². The molecule has 3 heterocycles. The number of methoxy groups -OCH3 is 2. The van der Waals surface area contributed by atoms with Crippen LogP contribution in [0.2, 0.25) is 0 Å². The van der Waals surface area contributed by atoms with Crippen molar-refractivity contribution >= 4 is 34.7 Å². The minimum atomic E-state index is -0.740.